The first-order chi connectivity index (χ1) is 14.4. The third-order valence-electron chi connectivity index (χ3n) is 4.88. The van der Waals surface area contributed by atoms with E-state index in [2.05, 4.69) is 41.8 Å². The highest BCUT2D eigenvalue weighted by Crippen LogP contribution is 2.26. The summed E-state index contributed by atoms with van der Waals surface area (Å²) in [4.78, 5) is 12.2. The molecule has 0 atom stereocenters. The molecule has 2 N–H and O–H groups in total. The number of ether oxygens (including phenoxy) is 1. The Labute approximate surface area is 183 Å². The van der Waals surface area contributed by atoms with Crippen molar-refractivity contribution >= 4 is 28.9 Å². The van der Waals surface area contributed by atoms with Crippen LogP contribution >= 0.6 is 11.6 Å². The van der Waals surface area contributed by atoms with Gasteiger partial charge >= 0.3 is 0 Å². The SMILES string of the molecule is CCc1ccc(NCc2ccc(OCC(=O)Nc3cc(C)ccc3C)c(Cl)c2)cc1. The summed E-state index contributed by atoms with van der Waals surface area (Å²) in [5.74, 6) is 0.268. The number of benzene rings is 3. The number of aryl methyl sites for hydroxylation is 3. The maximum atomic E-state index is 12.2. The van der Waals surface area contributed by atoms with Crippen molar-refractivity contribution in [3.63, 3.8) is 0 Å². The van der Waals surface area contributed by atoms with Crippen molar-refractivity contribution in [1.82, 2.24) is 0 Å². The van der Waals surface area contributed by atoms with Gasteiger partial charge in [0.25, 0.3) is 5.91 Å². The molecule has 3 rings (SSSR count). The molecule has 0 heterocycles. The predicted molar refractivity (Wildman–Crippen MR) is 125 cm³/mol. The van der Waals surface area contributed by atoms with E-state index >= 15 is 0 Å². The normalized spacial score (nSPS) is 10.5. The van der Waals surface area contributed by atoms with Crippen LogP contribution in [-0.4, -0.2) is 12.5 Å². The number of amides is 1. The van der Waals surface area contributed by atoms with Gasteiger partial charge in [-0.2, -0.15) is 0 Å². The summed E-state index contributed by atoms with van der Waals surface area (Å²) in [6, 6.07) is 19.9. The molecule has 0 saturated heterocycles. The smallest absolute Gasteiger partial charge is 0.262 e. The zero-order chi connectivity index (χ0) is 21.5. The fourth-order valence-electron chi connectivity index (χ4n) is 3.03. The molecular formula is C25H27ClN2O2. The minimum absolute atomic E-state index is 0.103. The van der Waals surface area contributed by atoms with Gasteiger partial charge in [-0.15, -0.1) is 0 Å². The number of carbonyl (C=O) groups excluding carboxylic acids is 1. The van der Waals surface area contributed by atoms with E-state index in [9.17, 15) is 4.79 Å². The van der Waals surface area contributed by atoms with Crippen LogP contribution in [0.15, 0.2) is 60.7 Å². The highest BCUT2D eigenvalue weighted by Gasteiger charge is 2.09. The van der Waals surface area contributed by atoms with Gasteiger partial charge in [0.15, 0.2) is 6.61 Å². The van der Waals surface area contributed by atoms with Gasteiger partial charge in [0.1, 0.15) is 5.75 Å². The van der Waals surface area contributed by atoms with Gasteiger partial charge in [-0.05, 0) is 72.9 Å². The van der Waals surface area contributed by atoms with E-state index in [0.29, 0.717) is 17.3 Å². The molecule has 0 unspecified atom stereocenters. The van der Waals surface area contributed by atoms with Crippen molar-refractivity contribution in [3.05, 3.63) is 87.9 Å². The molecule has 0 spiro atoms. The lowest BCUT2D eigenvalue weighted by molar-refractivity contribution is -0.118. The molecule has 5 heteroatoms. The maximum Gasteiger partial charge on any atom is 0.262 e. The van der Waals surface area contributed by atoms with Crippen LogP contribution in [-0.2, 0) is 17.8 Å². The quantitative estimate of drug-likeness (QED) is 0.457. The number of carbonyl (C=O) groups is 1. The molecule has 0 fully saturated rings. The number of rotatable bonds is 8. The second-order valence-corrected chi connectivity index (χ2v) is 7.73. The summed E-state index contributed by atoms with van der Waals surface area (Å²) in [5, 5.41) is 6.75. The van der Waals surface area contributed by atoms with Crippen molar-refractivity contribution < 1.29 is 9.53 Å². The molecule has 1 amide bonds. The average Bonchev–Trinajstić information content (AvgIpc) is 2.74. The molecule has 0 aliphatic rings. The van der Waals surface area contributed by atoms with Crippen LogP contribution in [0, 0.1) is 13.8 Å². The zero-order valence-electron chi connectivity index (χ0n) is 17.6. The molecule has 3 aromatic rings. The van der Waals surface area contributed by atoms with Crippen LogP contribution in [0.4, 0.5) is 11.4 Å². The Morgan fingerprint density at radius 1 is 0.967 bits per heavy atom. The Hall–Kier alpha value is -2.98. The highest BCUT2D eigenvalue weighted by atomic mass is 35.5. The summed E-state index contributed by atoms with van der Waals surface area (Å²) in [5.41, 5.74) is 6.30. The third kappa shape index (κ3) is 6.01. The Bertz CT molecular complexity index is 1020. The van der Waals surface area contributed by atoms with Gasteiger partial charge in [-0.1, -0.05) is 48.9 Å². The largest absolute Gasteiger partial charge is 0.482 e. The van der Waals surface area contributed by atoms with E-state index in [1.807, 2.05) is 44.2 Å². The minimum Gasteiger partial charge on any atom is -0.482 e. The molecule has 0 saturated carbocycles. The summed E-state index contributed by atoms with van der Waals surface area (Å²) < 4.78 is 5.62. The molecular weight excluding hydrogens is 396 g/mol. The summed E-state index contributed by atoms with van der Waals surface area (Å²) in [6.45, 7) is 6.63. The molecule has 0 radical (unpaired) electrons. The van der Waals surface area contributed by atoms with Gasteiger partial charge in [-0.25, -0.2) is 0 Å². The lowest BCUT2D eigenvalue weighted by Crippen LogP contribution is -2.20. The molecule has 3 aromatic carbocycles. The monoisotopic (exact) mass is 422 g/mol. The summed E-state index contributed by atoms with van der Waals surface area (Å²) in [6.07, 6.45) is 1.03. The van der Waals surface area contributed by atoms with Crippen molar-refractivity contribution in [1.29, 1.82) is 0 Å². The van der Waals surface area contributed by atoms with Crippen molar-refractivity contribution in [2.75, 3.05) is 17.2 Å². The Morgan fingerprint density at radius 2 is 1.70 bits per heavy atom. The van der Waals surface area contributed by atoms with E-state index in [1.165, 1.54) is 5.56 Å². The number of anilines is 2. The van der Waals surface area contributed by atoms with Crippen molar-refractivity contribution in [3.8, 4) is 5.75 Å². The van der Waals surface area contributed by atoms with Crippen LogP contribution in [0.1, 0.15) is 29.2 Å². The van der Waals surface area contributed by atoms with Crippen molar-refractivity contribution in [2.45, 2.75) is 33.7 Å². The second-order valence-electron chi connectivity index (χ2n) is 7.32. The second kappa shape index (κ2) is 10.2. The van der Waals surface area contributed by atoms with E-state index in [0.717, 1.165) is 34.5 Å². The van der Waals surface area contributed by atoms with Gasteiger partial charge in [0.2, 0.25) is 0 Å². The lowest BCUT2D eigenvalue weighted by Gasteiger charge is -2.12. The fraction of sp³-hybridized carbons (Fsp3) is 0.240. The number of hydrogen-bond donors (Lipinski definition) is 2. The molecule has 4 nitrogen and oxygen atoms in total. The van der Waals surface area contributed by atoms with Crippen molar-refractivity contribution in [2.24, 2.45) is 0 Å². The van der Waals surface area contributed by atoms with Crippen LogP contribution in [0.5, 0.6) is 5.75 Å². The first kappa shape index (κ1) is 21.7. The maximum absolute atomic E-state index is 12.2. The number of nitrogens with one attached hydrogen (secondary N) is 2. The van der Waals surface area contributed by atoms with Gasteiger partial charge in [0, 0.05) is 17.9 Å². The van der Waals surface area contributed by atoms with Gasteiger partial charge in [0.05, 0.1) is 5.02 Å². The van der Waals surface area contributed by atoms with Gasteiger partial charge < -0.3 is 15.4 Å². The average molecular weight is 423 g/mol. The van der Waals surface area contributed by atoms with E-state index in [1.54, 1.807) is 6.07 Å². The highest BCUT2D eigenvalue weighted by molar-refractivity contribution is 6.32. The third-order valence-corrected chi connectivity index (χ3v) is 5.18. The molecule has 0 aromatic heterocycles. The first-order valence-corrected chi connectivity index (χ1v) is 10.4. The van der Waals surface area contributed by atoms with Crippen LogP contribution in [0.3, 0.4) is 0 Å². The van der Waals surface area contributed by atoms with Crippen LogP contribution < -0.4 is 15.4 Å². The lowest BCUT2D eigenvalue weighted by atomic mass is 10.1. The zero-order valence-corrected chi connectivity index (χ0v) is 18.3. The molecule has 30 heavy (non-hydrogen) atoms. The Balaban J connectivity index is 1.53. The van der Waals surface area contributed by atoms with Crippen LogP contribution in [0.25, 0.3) is 0 Å². The molecule has 0 aliphatic carbocycles. The predicted octanol–water partition coefficient (Wildman–Crippen LogP) is 6.15. The topological polar surface area (TPSA) is 50.4 Å². The van der Waals surface area contributed by atoms with E-state index in [4.69, 9.17) is 16.3 Å². The Morgan fingerprint density at radius 3 is 2.40 bits per heavy atom. The van der Waals surface area contributed by atoms with E-state index < -0.39 is 0 Å². The first-order valence-electron chi connectivity index (χ1n) is 10.1. The molecule has 0 aliphatic heterocycles. The Kier molecular flexibility index (Phi) is 7.36. The van der Waals surface area contributed by atoms with E-state index in [-0.39, 0.29) is 12.5 Å². The number of hydrogen-bond acceptors (Lipinski definition) is 3. The standard InChI is InChI=1S/C25H27ClN2O2/c1-4-19-7-10-21(11-8-19)27-15-20-9-12-24(22(26)14-20)30-16-25(29)28-23-13-17(2)5-6-18(23)3/h5-14,27H,4,15-16H2,1-3H3,(H,28,29). The summed E-state index contributed by atoms with van der Waals surface area (Å²) in [7, 11) is 0. The van der Waals surface area contributed by atoms with Gasteiger partial charge in [-0.3, -0.25) is 4.79 Å². The molecule has 156 valence electrons. The summed E-state index contributed by atoms with van der Waals surface area (Å²) >= 11 is 6.36. The minimum atomic E-state index is -0.221. The fourth-order valence-corrected chi connectivity index (χ4v) is 3.29. The van der Waals surface area contributed by atoms with Crippen LogP contribution in [0.2, 0.25) is 5.02 Å². The number of halogens is 1. The molecule has 0 bridgehead atoms.